The highest BCUT2D eigenvalue weighted by Gasteiger charge is 2.12. The molecule has 5 nitrogen and oxygen atoms in total. The number of fused-ring (bicyclic) bond motifs is 1. The first-order valence-corrected chi connectivity index (χ1v) is 8.32. The van der Waals surface area contributed by atoms with Crippen molar-refractivity contribution in [1.29, 1.82) is 0 Å². The summed E-state index contributed by atoms with van der Waals surface area (Å²) in [4.78, 5) is 16.6. The van der Waals surface area contributed by atoms with E-state index in [-0.39, 0.29) is 12.5 Å². The van der Waals surface area contributed by atoms with Crippen LogP contribution in [-0.4, -0.2) is 24.6 Å². The van der Waals surface area contributed by atoms with Crippen molar-refractivity contribution >= 4 is 32.6 Å². The van der Waals surface area contributed by atoms with E-state index in [1.807, 2.05) is 32.0 Å². The summed E-state index contributed by atoms with van der Waals surface area (Å²) in [5.41, 5.74) is 3.18. The number of para-hydroxylation sites is 2. The molecule has 3 aromatic rings. The van der Waals surface area contributed by atoms with E-state index in [2.05, 4.69) is 16.4 Å². The van der Waals surface area contributed by atoms with Gasteiger partial charge >= 0.3 is 0 Å². The number of ether oxygens (including phenoxy) is 2. The summed E-state index contributed by atoms with van der Waals surface area (Å²) >= 11 is 1.47. The largest absolute Gasteiger partial charge is 0.493 e. The summed E-state index contributed by atoms with van der Waals surface area (Å²) in [5.74, 6) is 0.873. The molecule has 0 aliphatic heterocycles. The number of methoxy groups -OCH3 is 1. The van der Waals surface area contributed by atoms with E-state index >= 15 is 0 Å². The van der Waals surface area contributed by atoms with Crippen LogP contribution in [0, 0.1) is 13.8 Å². The average Bonchev–Trinajstić information content (AvgIpc) is 3.01. The molecule has 0 fully saturated rings. The van der Waals surface area contributed by atoms with Crippen molar-refractivity contribution < 1.29 is 14.3 Å². The van der Waals surface area contributed by atoms with Gasteiger partial charge in [-0.3, -0.25) is 10.1 Å². The lowest BCUT2D eigenvalue weighted by molar-refractivity contribution is -0.118. The number of rotatable bonds is 5. The highest BCUT2D eigenvalue weighted by atomic mass is 32.1. The molecule has 1 aromatic heterocycles. The van der Waals surface area contributed by atoms with Crippen molar-refractivity contribution in [2.24, 2.45) is 0 Å². The standard InChI is InChI=1S/C18H18N2O3S/c1-11-8-9-12(2)17-16(11)20-18(24-17)19-15(21)10-23-14-7-5-4-6-13(14)22-3/h4-9H,10H2,1-3H3,(H,19,20,21). The molecule has 124 valence electrons. The third kappa shape index (κ3) is 3.33. The maximum Gasteiger partial charge on any atom is 0.264 e. The third-order valence-electron chi connectivity index (χ3n) is 3.62. The summed E-state index contributed by atoms with van der Waals surface area (Å²) in [6.45, 7) is 3.95. The second kappa shape index (κ2) is 6.88. The van der Waals surface area contributed by atoms with Gasteiger partial charge in [0.25, 0.3) is 5.91 Å². The molecular weight excluding hydrogens is 324 g/mol. The number of nitrogens with one attached hydrogen (secondary N) is 1. The van der Waals surface area contributed by atoms with Gasteiger partial charge in [0.1, 0.15) is 0 Å². The van der Waals surface area contributed by atoms with E-state index in [0.29, 0.717) is 16.6 Å². The van der Waals surface area contributed by atoms with Gasteiger partial charge < -0.3 is 9.47 Å². The minimum absolute atomic E-state index is 0.103. The average molecular weight is 342 g/mol. The normalized spacial score (nSPS) is 10.6. The second-order valence-corrected chi connectivity index (χ2v) is 6.38. The summed E-state index contributed by atoms with van der Waals surface area (Å²) in [5, 5.41) is 3.38. The highest BCUT2D eigenvalue weighted by molar-refractivity contribution is 7.22. The second-order valence-electron chi connectivity index (χ2n) is 5.38. The van der Waals surface area contributed by atoms with Gasteiger partial charge in [0.15, 0.2) is 23.2 Å². The van der Waals surface area contributed by atoms with Crippen molar-refractivity contribution in [3.05, 3.63) is 47.5 Å². The van der Waals surface area contributed by atoms with Crippen LogP contribution < -0.4 is 14.8 Å². The summed E-state index contributed by atoms with van der Waals surface area (Å²) in [6, 6.07) is 11.3. The van der Waals surface area contributed by atoms with Gasteiger partial charge in [-0.05, 0) is 37.1 Å². The van der Waals surface area contributed by atoms with E-state index in [0.717, 1.165) is 21.3 Å². The Hall–Kier alpha value is -2.60. The first-order valence-electron chi connectivity index (χ1n) is 7.51. The van der Waals surface area contributed by atoms with Gasteiger partial charge in [0.05, 0.1) is 17.3 Å². The molecule has 1 N–H and O–H groups in total. The van der Waals surface area contributed by atoms with Crippen LogP contribution in [-0.2, 0) is 4.79 Å². The molecule has 0 unspecified atom stereocenters. The van der Waals surface area contributed by atoms with E-state index < -0.39 is 0 Å². The molecule has 1 heterocycles. The Balaban J connectivity index is 1.69. The quantitative estimate of drug-likeness (QED) is 0.763. The topological polar surface area (TPSA) is 60.5 Å². The first kappa shape index (κ1) is 16.3. The fraction of sp³-hybridized carbons (Fsp3) is 0.222. The minimum atomic E-state index is -0.254. The Bertz CT molecular complexity index is 850. The molecular formula is C18H18N2O3S. The Morgan fingerprint density at radius 1 is 1.12 bits per heavy atom. The van der Waals surface area contributed by atoms with Gasteiger partial charge in [-0.15, -0.1) is 0 Å². The number of anilines is 1. The number of nitrogens with zero attached hydrogens (tertiary/aromatic N) is 1. The lowest BCUT2D eigenvalue weighted by Gasteiger charge is -2.09. The molecule has 0 aliphatic rings. The zero-order valence-corrected chi connectivity index (χ0v) is 14.6. The van der Waals surface area contributed by atoms with Crippen LogP contribution in [0.15, 0.2) is 36.4 Å². The molecule has 24 heavy (non-hydrogen) atoms. The molecule has 1 amide bonds. The van der Waals surface area contributed by atoms with Gasteiger partial charge in [-0.2, -0.15) is 0 Å². The van der Waals surface area contributed by atoms with Crippen LogP contribution >= 0.6 is 11.3 Å². The lowest BCUT2D eigenvalue weighted by Crippen LogP contribution is -2.20. The van der Waals surface area contributed by atoms with Gasteiger partial charge in [0.2, 0.25) is 0 Å². The number of thiazole rings is 1. The van der Waals surface area contributed by atoms with Crippen molar-refractivity contribution in [3.63, 3.8) is 0 Å². The van der Waals surface area contributed by atoms with Crippen LogP contribution in [0.25, 0.3) is 10.2 Å². The number of aromatic nitrogens is 1. The number of hydrogen-bond donors (Lipinski definition) is 1. The Labute approximate surface area is 144 Å². The fourth-order valence-corrected chi connectivity index (χ4v) is 3.38. The molecule has 0 radical (unpaired) electrons. The zero-order chi connectivity index (χ0) is 17.1. The molecule has 0 bridgehead atoms. The number of hydrogen-bond acceptors (Lipinski definition) is 5. The summed E-state index contributed by atoms with van der Waals surface area (Å²) < 4.78 is 11.8. The Kier molecular flexibility index (Phi) is 4.66. The number of aryl methyl sites for hydroxylation is 2. The monoisotopic (exact) mass is 342 g/mol. The van der Waals surface area contributed by atoms with Crippen LogP contribution in [0.1, 0.15) is 11.1 Å². The van der Waals surface area contributed by atoms with Crippen molar-refractivity contribution in [2.75, 3.05) is 19.0 Å². The van der Waals surface area contributed by atoms with E-state index in [1.165, 1.54) is 11.3 Å². The van der Waals surface area contributed by atoms with Gasteiger partial charge in [0, 0.05) is 0 Å². The predicted octanol–water partition coefficient (Wildman–Crippen LogP) is 3.94. The fourth-order valence-electron chi connectivity index (χ4n) is 2.35. The third-order valence-corrected chi connectivity index (χ3v) is 4.72. The molecule has 2 aromatic carbocycles. The maximum absolute atomic E-state index is 12.1. The van der Waals surface area contributed by atoms with Crippen LogP contribution in [0.5, 0.6) is 11.5 Å². The summed E-state index contributed by atoms with van der Waals surface area (Å²) in [6.07, 6.45) is 0. The van der Waals surface area contributed by atoms with Crippen molar-refractivity contribution in [3.8, 4) is 11.5 Å². The Morgan fingerprint density at radius 3 is 2.54 bits per heavy atom. The zero-order valence-electron chi connectivity index (χ0n) is 13.8. The number of benzene rings is 2. The molecule has 0 spiro atoms. The number of carbonyl (C=O) groups excluding carboxylic acids is 1. The predicted molar refractivity (Wildman–Crippen MR) is 96.2 cm³/mol. The summed E-state index contributed by atoms with van der Waals surface area (Å²) in [7, 11) is 1.56. The first-order chi connectivity index (χ1) is 11.6. The Morgan fingerprint density at radius 2 is 1.83 bits per heavy atom. The van der Waals surface area contributed by atoms with Crippen LogP contribution in [0.4, 0.5) is 5.13 Å². The molecule has 0 aliphatic carbocycles. The molecule has 0 saturated heterocycles. The maximum atomic E-state index is 12.1. The lowest BCUT2D eigenvalue weighted by atomic mass is 10.1. The highest BCUT2D eigenvalue weighted by Crippen LogP contribution is 2.31. The van der Waals surface area contributed by atoms with Crippen molar-refractivity contribution in [1.82, 2.24) is 4.98 Å². The van der Waals surface area contributed by atoms with E-state index in [1.54, 1.807) is 19.2 Å². The minimum Gasteiger partial charge on any atom is -0.493 e. The molecule has 6 heteroatoms. The van der Waals surface area contributed by atoms with E-state index in [4.69, 9.17) is 9.47 Å². The van der Waals surface area contributed by atoms with Crippen LogP contribution in [0.3, 0.4) is 0 Å². The molecule has 0 saturated carbocycles. The number of amides is 1. The van der Waals surface area contributed by atoms with Gasteiger partial charge in [-0.1, -0.05) is 35.6 Å². The van der Waals surface area contributed by atoms with Crippen LogP contribution in [0.2, 0.25) is 0 Å². The smallest absolute Gasteiger partial charge is 0.264 e. The van der Waals surface area contributed by atoms with E-state index in [9.17, 15) is 4.79 Å². The van der Waals surface area contributed by atoms with Gasteiger partial charge in [-0.25, -0.2) is 4.98 Å². The number of carbonyl (C=O) groups is 1. The van der Waals surface area contributed by atoms with Crippen molar-refractivity contribution in [2.45, 2.75) is 13.8 Å². The molecule has 3 rings (SSSR count). The SMILES string of the molecule is COc1ccccc1OCC(=O)Nc1nc2c(C)ccc(C)c2s1. The molecule has 0 atom stereocenters.